The Morgan fingerprint density at radius 3 is 2.46 bits per heavy atom. The summed E-state index contributed by atoms with van der Waals surface area (Å²) in [6.07, 6.45) is 2.73. The molecule has 1 aliphatic heterocycles. The summed E-state index contributed by atoms with van der Waals surface area (Å²) >= 11 is 5.69. The van der Waals surface area contributed by atoms with Crippen molar-refractivity contribution in [3.63, 3.8) is 0 Å². The van der Waals surface area contributed by atoms with Gasteiger partial charge in [-0.15, -0.1) is 0 Å². The Bertz CT molecular complexity index is 790. The predicted molar refractivity (Wildman–Crippen MR) is 99.5 cm³/mol. The Labute approximate surface area is 157 Å². The molecule has 4 nitrogen and oxygen atoms in total. The molecule has 0 atom stereocenters. The Hall–Kier alpha value is -2.40. The fourth-order valence-electron chi connectivity index (χ4n) is 3.19. The van der Waals surface area contributed by atoms with Crippen LogP contribution in [-0.2, 0) is 16.0 Å². The molecule has 0 radical (unpaired) electrons. The van der Waals surface area contributed by atoms with Gasteiger partial charge in [-0.05, 0) is 48.9 Å². The molecular formula is C20H20ClFN2O2. The highest BCUT2D eigenvalue weighted by molar-refractivity contribution is 6.39. The van der Waals surface area contributed by atoms with E-state index in [-0.39, 0.29) is 5.02 Å². The number of anilines is 1. The van der Waals surface area contributed by atoms with Crippen LogP contribution >= 0.6 is 11.6 Å². The number of nitrogens with one attached hydrogen (secondary N) is 1. The molecule has 1 fully saturated rings. The van der Waals surface area contributed by atoms with Crippen molar-refractivity contribution in [3.8, 4) is 0 Å². The van der Waals surface area contributed by atoms with Crippen LogP contribution in [0.4, 0.5) is 10.1 Å². The zero-order chi connectivity index (χ0) is 18.5. The summed E-state index contributed by atoms with van der Waals surface area (Å²) in [6, 6.07) is 14.1. The van der Waals surface area contributed by atoms with E-state index < -0.39 is 17.6 Å². The SMILES string of the molecule is O=C(Nc1ccc(F)c(Cl)c1)C(=O)N1CCC(Cc2ccccc2)CC1. The van der Waals surface area contributed by atoms with Crippen LogP contribution in [0.1, 0.15) is 18.4 Å². The smallest absolute Gasteiger partial charge is 0.313 e. The molecule has 1 saturated heterocycles. The summed E-state index contributed by atoms with van der Waals surface area (Å²) in [5.74, 6) is -1.35. The second-order valence-corrected chi connectivity index (χ2v) is 6.92. The zero-order valence-corrected chi connectivity index (χ0v) is 15.0. The molecule has 2 amide bonds. The van der Waals surface area contributed by atoms with Crippen molar-refractivity contribution >= 4 is 29.1 Å². The third kappa shape index (κ3) is 4.61. The van der Waals surface area contributed by atoms with Crippen molar-refractivity contribution in [2.45, 2.75) is 19.3 Å². The molecule has 0 bridgehead atoms. The maximum absolute atomic E-state index is 13.2. The summed E-state index contributed by atoms with van der Waals surface area (Å²) in [5.41, 5.74) is 1.59. The average molecular weight is 375 g/mol. The van der Waals surface area contributed by atoms with E-state index in [1.54, 1.807) is 4.90 Å². The van der Waals surface area contributed by atoms with Crippen LogP contribution in [-0.4, -0.2) is 29.8 Å². The number of carbonyl (C=O) groups excluding carboxylic acids is 2. The molecule has 0 saturated carbocycles. The molecule has 0 aromatic heterocycles. The number of piperidine rings is 1. The van der Waals surface area contributed by atoms with E-state index in [9.17, 15) is 14.0 Å². The third-order valence-corrected chi connectivity index (χ3v) is 4.93. The highest BCUT2D eigenvalue weighted by Crippen LogP contribution is 2.22. The summed E-state index contributed by atoms with van der Waals surface area (Å²) in [6.45, 7) is 1.13. The van der Waals surface area contributed by atoms with Crippen LogP contribution in [0.25, 0.3) is 0 Å². The van der Waals surface area contributed by atoms with Gasteiger partial charge in [0, 0.05) is 18.8 Å². The summed E-state index contributed by atoms with van der Waals surface area (Å²) in [5, 5.41) is 2.38. The number of carbonyl (C=O) groups is 2. The third-order valence-electron chi connectivity index (χ3n) is 4.64. The quantitative estimate of drug-likeness (QED) is 0.828. The lowest BCUT2D eigenvalue weighted by Crippen LogP contribution is -2.44. The molecule has 1 aliphatic rings. The van der Waals surface area contributed by atoms with Gasteiger partial charge in [-0.25, -0.2) is 4.39 Å². The number of hydrogen-bond donors (Lipinski definition) is 1. The monoisotopic (exact) mass is 374 g/mol. The van der Waals surface area contributed by atoms with Crippen molar-refractivity contribution < 1.29 is 14.0 Å². The second-order valence-electron chi connectivity index (χ2n) is 6.51. The summed E-state index contributed by atoms with van der Waals surface area (Å²) < 4.78 is 13.2. The molecule has 6 heteroatoms. The van der Waals surface area contributed by atoms with Gasteiger partial charge in [-0.3, -0.25) is 9.59 Å². The molecule has 0 aliphatic carbocycles. The van der Waals surface area contributed by atoms with Gasteiger partial charge in [0.15, 0.2) is 0 Å². The molecule has 2 aromatic carbocycles. The average Bonchev–Trinajstić information content (AvgIpc) is 2.65. The van der Waals surface area contributed by atoms with E-state index in [1.807, 2.05) is 18.2 Å². The predicted octanol–water partition coefficient (Wildman–Crippen LogP) is 3.90. The van der Waals surface area contributed by atoms with Crippen molar-refractivity contribution in [1.82, 2.24) is 4.90 Å². The Kier molecular flexibility index (Phi) is 5.89. The van der Waals surface area contributed by atoms with Crippen LogP contribution < -0.4 is 5.32 Å². The number of rotatable bonds is 3. The number of hydrogen-bond acceptors (Lipinski definition) is 2. The largest absolute Gasteiger partial charge is 0.334 e. The first-order valence-corrected chi connectivity index (χ1v) is 9.00. The van der Waals surface area contributed by atoms with Crippen molar-refractivity contribution in [1.29, 1.82) is 0 Å². The second kappa shape index (κ2) is 8.32. The molecular weight excluding hydrogens is 355 g/mol. The van der Waals surface area contributed by atoms with E-state index in [2.05, 4.69) is 17.4 Å². The van der Waals surface area contributed by atoms with Crippen LogP contribution in [0.5, 0.6) is 0 Å². The molecule has 26 heavy (non-hydrogen) atoms. The van der Waals surface area contributed by atoms with Gasteiger partial charge in [0.25, 0.3) is 0 Å². The van der Waals surface area contributed by atoms with Gasteiger partial charge in [-0.1, -0.05) is 41.9 Å². The lowest BCUT2D eigenvalue weighted by atomic mass is 9.90. The van der Waals surface area contributed by atoms with Crippen LogP contribution in [0.3, 0.4) is 0 Å². The van der Waals surface area contributed by atoms with Gasteiger partial charge in [0.1, 0.15) is 5.82 Å². The Morgan fingerprint density at radius 1 is 1.12 bits per heavy atom. The molecule has 136 valence electrons. The lowest BCUT2D eigenvalue weighted by Gasteiger charge is -2.31. The highest BCUT2D eigenvalue weighted by Gasteiger charge is 2.27. The molecule has 0 unspecified atom stereocenters. The highest BCUT2D eigenvalue weighted by atomic mass is 35.5. The zero-order valence-electron chi connectivity index (χ0n) is 14.3. The molecule has 0 spiro atoms. The number of amides is 2. The summed E-state index contributed by atoms with van der Waals surface area (Å²) in [7, 11) is 0. The first-order chi connectivity index (χ1) is 12.5. The Morgan fingerprint density at radius 2 is 1.81 bits per heavy atom. The van der Waals surface area contributed by atoms with Crippen LogP contribution in [0.15, 0.2) is 48.5 Å². The fraction of sp³-hybridized carbons (Fsp3) is 0.300. The summed E-state index contributed by atoms with van der Waals surface area (Å²) in [4.78, 5) is 26.0. The lowest BCUT2D eigenvalue weighted by molar-refractivity contribution is -0.144. The molecule has 1 heterocycles. The maximum Gasteiger partial charge on any atom is 0.313 e. The normalized spacial score (nSPS) is 14.9. The number of halogens is 2. The minimum Gasteiger partial charge on any atom is -0.334 e. The van der Waals surface area contributed by atoms with Gasteiger partial charge in [0.05, 0.1) is 5.02 Å². The minimum absolute atomic E-state index is 0.100. The van der Waals surface area contributed by atoms with Gasteiger partial charge < -0.3 is 10.2 Å². The van der Waals surface area contributed by atoms with E-state index in [0.717, 1.165) is 25.3 Å². The van der Waals surface area contributed by atoms with Crippen LogP contribution in [0, 0.1) is 11.7 Å². The van der Waals surface area contributed by atoms with Gasteiger partial charge >= 0.3 is 11.8 Å². The Balaban J connectivity index is 1.51. The van der Waals surface area contributed by atoms with Crippen LogP contribution in [0.2, 0.25) is 5.02 Å². The fourth-order valence-corrected chi connectivity index (χ4v) is 3.37. The number of nitrogens with zero attached hydrogens (tertiary/aromatic N) is 1. The minimum atomic E-state index is -0.728. The van der Waals surface area contributed by atoms with E-state index in [0.29, 0.717) is 24.7 Å². The van der Waals surface area contributed by atoms with Crippen molar-refractivity contribution in [2.24, 2.45) is 5.92 Å². The first-order valence-electron chi connectivity index (χ1n) is 8.62. The molecule has 2 aromatic rings. The standard InChI is InChI=1S/C20H20ClFN2O2/c21-17-13-16(6-7-18(17)22)23-19(25)20(26)24-10-8-15(9-11-24)12-14-4-2-1-3-5-14/h1-7,13,15H,8-12H2,(H,23,25). The van der Waals surface area contributed by atoms with E-state index in [4.69, 9.17) is 11.6 Å². The molecule has 3 rings (SSSR count). The van der Waals surface area contributed by atoms with Crippen molar-refractivity contribution in [3.05, 3.63) is 64.9 Å². The van der Waals surface area contributed by atoms with Gasteiger partial charge in [-0.2, -0.15) is 0 Å². The number of likely N-dealkylation sites (tertiary alicyclic amines) is 1. The van der Waals surface area contributed by atoms with Crippen molar-refractivity contribution in [2.75, 3.05) is 18.4 Å². The topological polar surface area (TPSA) is 49.4 Å². The van der Waals surface area contributed by atoms with Gasteiger partial charge in [0.2, 0.25) is 0 Å². The first kappa shape index (κ1) is 18.4. The maximum atomic E-state index is 13.2. The van der Waals surface area contributed by atoms with E-state index in [1.165, 1.54) is 17.7 Å². The number of benzene rings is 2. The molecule has 1 N–H and O–H groups in total. The van der Waals surface area contributed by atoms with E-state index >= 15 is 0 Å².